The van der Waals surface area contributed by atoms with Gasteiger partial charge in [0.25, 0.3) is 0 Å². The van der Waals surface area contributed by atoms with Crippen molar-refractivity contribution >= 4 is 34.2 Å². The van der Waals surface area contributed by atoms with Crippen LogP contribution in [0.2, 0.25) is 0 Å². The molecule has 0 bridgehead atoms. The normalized spacial score (nSPS) is 14.0. The molecule has 0 fully saturated rings. The highest BCUT2D eigenvalue weighted by Crippen LogP contribution is 2.33. The first-order valence-electron chi connectivity index (χ1n) is 18.8. The van der Waals surface area contributed by atoms with Crippen molar-refractivity contribution in [2.75, 3.05) is 36.0 Å². The van der Waals surface area contributed by atoms with E-state index in [1.54, 1.807) is 0 Å². The van der Waals surface area contributed by atoms with E-state index in [9.17, 15) is 0 Å². The second-order valence-electron chi connectivity index (χ2n) is 13.2. The lowest BCUT2D eigenvalue weighted by Crippen LogP contribution is -2.29. The van der Waals surface area contributed by atoms with E-state index in [-0.39, 0.29) is 0 Å². The van der Waals surface area contributed by atoms with Crippen molar-refractivity contribution in [3.05, 3.63) is 72.8 Å². The highest BCUT2D eigenvalue weighted by atomic mass is 15.2. The van der Waals surface area contributed by atoms with Gasteiger partial charge in [-0.1, -0.05) is 67.2 Å². The minimum Gasteiger partial charge on any atom is -0.372 e. The Morgan fingerprint density at radius 3 is 1.46 bits per heavy atom. The van der Waals surface area contributed by atoms with Crippen LogP contribution < -0.4 is 9.80 Å². The van der Waals surface area contributed by atoms with E-state index in [1.807, 2.05) is 0 Å². The zero-order chi connectivity index (χ0) is 33.3. The summed E-state index contributed by atoms with van der Waals surface area (Å²) in [5.74, 6) is 0. The monoisotopic (exact) mass is 627 g/mol. The lowest BCUT2D eigenvalue weighted by atomic mass is 10.1. The zero-order valence-electron chi connectivity index (χ0n) is 30.8. The molecule has 0 aromatic heterocycles. The summed E-state index contributed by atoms with van der Waals surface area (Å²) in [4.78, 5) is 5.09. The Morgan fingerprint density at radius 2 is 1.00 bits per heavy atom. The molecule has 46 heavy (non-hydrogen) atoms. The minimum absolute atomic E-state index is 0.398. The standard InChI is InChI=1S/C42H66N4/c1-9-15-31-43(32-16-10-2)37-19-23-39(24-20-37)45(35(7)13-5)41-27-29-42(30-28-41)46(36(8)14-6)40-25-21-38(22-26-40)44(33-17-11-3)34-18-12-4/h19-30,35-36H,9-18,31-34H2,1-8H3/q+2. The number of hydrogen-bond acceptors (Lipinski definition) is 2. The summed E-state index contributed by atoms with van der Waals surface area (Å²) < 4.78 is 5.09. The van der Waals surface area contributed by atoms with E-state index in [2.05, 4.69) is 147 Å². The average molecular weight is 627 g/mol. The van der Waals surface area contributed by atoms with Gasteiger partial charge < -0.3 is 9.80 Å². The Balaban J connectivity index is 1.93. The molecule has 3 rings (SSSR count). The maximum atomic E-state index is 2.57. The van der Waals surface area contributed by atoms with Crippen molar-refractivity contribution in [2.24, 2.45) is 0 Å². The topological polar surface area (TPSA) is 12.5 Å². The predicted molar refractivity (Wildman–Crippen MR) is 205 cm³/mol. The first-order chi connectivity index (χ1) is 22.4. The second kappa shape index (κ2) is 20.2. The maximum Gasteiger partial charge on any atom is 0.206 e. The van der Waals surface area contributed by atoms with Crippen LogP contribution in [-0.2, 0) is 0 Å². The van der Waals surface area contributed by atoms with Gasteiger partial charge in [0.15, 0.2) is 11.8 Å². The lowest BCUT2D eigenvalue weighted by molar-refractivity contribution is -0.527. The molecule has 2 atom stereocenters. The molecule has 4 nitrogen and oxygen atoms in total. The minimum atomic E-state index is 0.398. The predicted octanol–water partition coefficient (Wildman–Crippen LogP) is 11.1. The van der Waals surface area contributed by atoms with Gasteiger partial charge in [-0.05, 0) is 69.5 Å². The smallest absolute Gasteiger partial charge is 0.206 e. The fourth-order valence-corrected chi connectivity index (χ4v) is 6.24. The zero-order valence-corrected chi connectivity index (χ0v) is 30.8. The number of hydrogen-bond donors (Lipinski definition) is 0. The SMILES string of the molecule is CCCCN(CCCC)c1ccc(N(c2ccc([N+](=C3C=CC(=[N+](CCCC)CCCC)C=C3)C(C)CC)cc2)C(C)CC)cc1. The highest BCUT2D eigenvalue weighted by molar-refractivity contribution is 6.15. The van der Waals surface area contributed by atoms with Crippen molar-refractivity contribution in [3.8, 4) is 0 Å². The van der Waals surface area contributed by atoms with Crippen LogP contribution >= 0.6 is 0 Å². The molecule has 2 aromatic rings. The molecule has 1 aliphatic carbocycles. The molecule has 0 N–H and O–H groups in total. The van der Waals surface area contributed by atoms with Gasteiger partial charge in [0.05, 0.1) is 0 Å². The second-order valence-corrected chi connectivity index (χ2v) is 13.2. The lowest BCUT2D eigenvalue weighted by Gasteiger charge is -2.32. The summed E-state index contributed by atoms with van der Waals surface area (Å²) in [6.07, 6.45) is 21.4. The molecular weight excluding hydrogens is 560 g/mol. The fraction of sp³-hybridized carbons (Fsp3) is 0.571. The quantitative estimate of drug-likeness (QED) is 0.107. The largest absolute Gasteiger partial charge is 0.372 e. The van der Waals surface area contributed by atoms with Gasteiger partial charge in [0.2, 0.25) is 11.4 Å². The molecule has 2 unspecified atom stereocenters. The van der Waals surface area contributed by atoms with Crippen LogP contribution in [0.4, 0.5) is 22.7 Å². The number of benzene rings is 2. The Hall–Kier alpha value is -3.14. The van der Waals surface area contributed by atoms with Crippen LogP contribution in [0, 0.1) is 0 Å². The Bertz CT molecular complexity index is 1250. The van der Waals surface area contributed by atoms with Gasteiger partial charge in [0, 0.05) is 91.9 Å². The van der Waals surface area contributed by atoms with Gasteiger partial charge in [0.1, 0.15) is 13.1 Å². The van der Waals surface area contributed by atoms with E-state index in [0.29, 0.717) is 12.1 Å². The molecule has 0 aliphatic heterocycles. The number of allylic oxidation sites excluding steroid dienone is 4. The van der Waals surface area contributed by atoms with Crippen molar-refractivity contribution < 1.29 is 9.15 Å². The van der Waals surface area contributed by atoms with Crippen molar-refractivity contribution in [3.63, 3.8) is 0 Å². The first-order valence-corrected chi connectivity index (χ1v) is 18.8. The molecule has 4 heteroatoms. The summed E-state index contributed by atoms with van der Waals surface area (Å²) in [6, 6.07) is 19.4. The molecule has 0 radical (unpaired) electrons. The molecule has 1 aliphatic rings. The Labute approximate surface area is 283 Å². The van der Waals surface area contributed by atoms with Gasteiger partial charge in [-0.2, -0.15) is 4.58 Å². The van der Waals surface area contributed by atoms with Gasteiger partial charge >= 0.3 is 0 Å². The van der Waals surface area contributed by atoms with Crippen molar-refractivity contribution in [2.45, 2.75) is 132 Å². The Morgan fingerprint density at radius 1 is 0.543 bits per heavy atom. The van der Waals surface area contributed by atoms with Crippen LogP contribution in [-0.4, -0.2) is 58.8 Å². The van der Waals surface area contributed by atoms with Crippen LogP contribution in [0.3, 0.4) is 0 Å². The van der Waals surface area contributed by atoms with Crippen LogP contribution in [0.5, 0.6) is 0 Å². The van der Waals surface area contributed by atoms with Crippen LogP contribution in [0.15, 0.2) is 72.8 Å². The molecule has 0 saturated carbocycles. The van der Waals surface area contributed by atoms with Crippen molar-refractivity contribution in [1.29, 1.82) is 0 Å². The molecule has 0 saturated heterocycles. The number of nitrogens with zero attached hydrogens (tertiary/aromatic N) is 4. The molecule has 252 valence electrons. The first kappa shape index (κ1) is 37.3. The third-order valence-corrected chi connectivity index (χ3v) is 9.58. The van der Waals surface area contributed by atoms with Gasteiger partial charge in [-0.25, -0.2) is 4.58 Å². The van der Waals surface area contributed by atoms with Gasteiger partial charge in [-0.3, -0.25) is 0 Å². The molecule has 0 heterocycles. The third kappa shape index (κ3) is 10.4. The number of unbranched alkanes of at least 4 members (excludes halogenated alkanes) is 4. The van der Waals surface area contributed by atoms with E-state index in [0.717, 1.165) is 39.0 Å². The van der Waals surface area contributed by atoms with E-state index < -0.39 is 0 Å². The van der Waals surface area contributed by atoms with Gasteiger partial charge in [-0.15, -0.1) is 0 Å². The molecule has 2 aromatic carbocycles. The average Bonchev–Trinajstić information content (AvgIpc) is 3.10. The number of anilines is 3. The Kier molecular flexibility index (Phi) is 16.4. The van der Waals surface area contributed by atoms with E-state index in [1.165, 1.54) is 85.5 Å². The van der Waals surface area contributed by atoms with Crippen LogP contribution in [0.1, 0.15) is 120 Å². The van der Waals surface area contributed by atoms with Crippen molar-refractivity contribution in [1.82, 2.24) is 0 Å². The third-order valence-electron chi connectivity index (χ3n) is 9.58. The highest BCUT2D eigenvalue weighted by Gasteiger charge is 2.24. The molecule has 0 amide bonds. The summed E-state index contributed by atoms with van der Waals surface area (Å²) in [6.45, 7) is 22.9. The fourth-order valence-electron chi connectivity index (χ4n) is 6.24. The van der Waals surface area contributed by atoms with Crippen LogP contribution in [0.25, 0.3) is 0 Å². The summed E-state index contributed by atoms with van der Waals surface area (Å²) in [7, 11) is 0. The summed E-state index contributed by atoms with van der Waals surface area (Å²) >= 11 is 0. The van der Waals surface area contributed by atoms with E-state index in [4.69, 9.17) is 0 Å². The van der Waals surface area contributed by atoms with E-state index >= 15 is 0 Å². The maximum absolute atomic E-state index is 2.57. The molecule has 0 spiro atoms. The number of rotatable bonds is 20. The summed E-state index contributed by atoms with van der Waals surface area (Å²) in [5, 5.41) is 0. The molecular formula is C42H66N4+2. The summed E-state index contributed by atoms with van der Waals surface area (Å²) in [5.41, 5.74) is 7.73.